The Hall–Kier alpha value is -1.38. The standard InChI is InChI=1S/C9H8BN2.C2H6/c1-10-9-6-11-7-4-2-3-5-8(7)12-9;1-2/h2-6H,1H3;1-2H3. The van der Waals surface area contributed by atoms with Gasteiger partial charge in [-0.2, -0.15) is 0 Å². The van der Waals surface area contributed by atoms with E-state index in [0.717, 1.165) is 16.6 Å². The summed E-state index contributed by atoms with van der Waals surface area (Å²) in [6, 6.07) is 7.86. The molecule has 1 aromatic heterocycles. The third kappa shape index (κ3) is 2.31. The maximum Gasteiger partial charge on any atom is 0.176 e. The third-order valence-corrected chi connectivity index (χ3v) is 1.76. The van der Waals surface area contributed by atoms with Crippen LogP contribution in [0, 0.1) is 0 Å². The van der Waals surface area contributed by atoms with Crippen LogP contribution in [-0.4, -0.2) is 17.2 Å². The monoisotopic (exact) mass is 185 g/mol. The Morgan fingerprint density at radius 3 is 2.36 bits per heavy atom. The lowest BCUT2D eigenvalue weighted by Crippen LogP contribution is -2.15. The molecule has 0 saturated heterocycles. The van der Waals surface area contributed by atoms with Crippen LogP contribution < -0.4 is 5.59 Å². The van der Waals surface area contributed by atoms with Crippen LogP contribution in [-0.2, 0) is 0 Å². The van der Waals surface area contributed by atoms with Crippen molar-refractivity contribution in [2.75, 3.05) is 0 Å². The van der Waals surface area contributed by atoms with E-state index in [1.165, 1.54) is 0 Å². The number of fused-ring (bicyclic) bond motifs is 1. The summed E-state index contributed by atoms with van der Waals surface area (Å²) in [5.41, 5.74) is 2.82. The first-order chi connectivity index (χ1) is 6.90. The first kappa shape index (κ1) is 10.7. The van der Waals surface area contributed by atoms with Gasteiger partial charge in [0.25, 0.3) is 0 Å². The van der Waals surface area contributed by atoms with Gasteiger partial charge in [0.05, 0.1) is 11.0 Å². The average Bonchev–Trinajstić information content (AvgIpc) is 2.31. The molecule has 0 spiro atoms. The molecule has 0 aliphatic carbocycles. The van der Waals surface area contributed by atoms with Gasteiger partial charge >= 0.3 is 0 Å². The summed E-state index contributed by atoms with van der Waals surface area (Å²) in [5.74, 6) is 0. The molecular weight excluding hydrogens is 171 g/mol. The van der Waals surface area contributed by atoms with E-state index in [1.54, 1.807) is 6.20 Å². The number of rotatable bonds is 1. The molecule has 1 radical (unpaired) electrons. The quantitative estimate of drug-likeness (QED) is 0.635. The van der Waals surface area contributed by atoms with Gasteiger partial charge in [0, 0.05) is 11.8 Å². The van der Waals surface area contributed by atoms with Crippen molar-refractivity contribution in [2.45, 2.75) is 20.7 Å². The summed E-state index contributed by atoms with van der Waals surface area (Å²) in [6.07, 6.45) is 1.78. The van der Waals surface area contributed by atoms with E-state index in [0.29, 0.717) is 0 Å². The van der Waals surface area contributed by atoms with Crippen LogP contribution in [0.5, 0.6) is 0 Å². The minimum Gasteiger partial charge on any atom is -0.260 e. The average molecular weight is 185 g/mol. The van der Waals surface area contributed by atoms with Gasteiger partial charge in [0.1, 0.15) is 0 Å². The van der Waals surface area contributed by atoms with E-state index in [4.69, 9.17) is 0 Å². The van der Waals surface area contributed by atoms with Crippen LogP contribution in [0.15, 0.2) is 30.5 Å². The minimum atomic E-state index is 0.925. The second kappa shape index (κ2) is 5.38. The molecule has 2 nitrogen and oxygen atoms in total. The third-order valence-electron chi connectivity index (χ3n) is 1.76. The van der Waals surface area contributed by atoms with Gasteiger partial charge in [-0.3, -0.25) is 9.97 Å². The number of para-hydroxylation sites is 2. The molecule has 0 saturated carbocycles. The highest BCUT2D eigenvalue weighted by Crippen LogP contribution is 2.03. The largest absolute Gasteiger partial charge is 0.260 e. The molecule has 0 aliphatic heterocycles. The first-order valence-corrected chi connectivity index (χ1v) is 4.91. The summed E-state index contributed by atoms with van der Waals surface area (Å²) in [4.78, 5) is 8.63. The Morgan fingerprint density at radius 2 is 1.71 bits per heavy atom. The van der Waals surface area contributed by atoms with Gasteiger partial charge in [-0.05, 0) is 12.1 Å². The second-order valence-corrected chi connectivity index (χ2v) is 2.57. The Kier molecular flexibility index (Phi) is 4.11. The number of hydrogen-bond acceptors (Lipinski definition) is 2. The van der Waals surface area contributed by atoms with E-state index >= 15 is 0 Å². The lowest BCUT2D eigenvalue weighted by molar-refractivity contribution is 1.34. The molecule has 1 aromatic carbocycles. The normalized spacial score (nSPS) is 9.07. The predicted octanol–water partition coefficient (Wildman–Crippen LogP) is 2.03. The van der Waals surface area contributed by atoms with E-state index < -0.39 is 0 Å². The van der Waals surface area contributed by atoms with Crippen molar-refractivity contribution < 1.29 is 0 Å². The summed E-state index contributed by atoms with van der Waals surface area (Å²) < 4.78 is 0. The Balaban J connectivity index is 0.000000461. The smallest absolute Gasteiger partial charge is 0.176 e. The van der Waals surface area contributed by atoms with E-state index in [1.807, 2.05) is 52.2 Å². The van der Waals surface area contributed by atoms with Crippen LogP contribution in [0.4, 0.5) is 0 Å². The summed E-state index contributed by atoms with van der Waals surface area (Å²) >= 11 is 0. The fraction of sp³-hybridized carbons (Fsp3) is 0.273. The van der Waals surface area contributed by atoms with Crippen molar-refractivity contribution in [3.63, 3.8) is 0 Å². The van der Waals surface area contributed by atoms with Gasteiger partial charge in [0.15, 0.2) is 7.28 Å². The molecule has 2 aromatic rings. The highest BCUT2D eigenvalue weighted by molar-refractivity contribution is 6.50. The van der Waals surface area contributed by atoms with E-state index in [-0.39, 0.29) is 0 Å². The van der Waals surface area contributed by atoms with Crippen LogP contribution in [0.3, 0.4) is 0 Å². The number of benzene rings is 1. The van der Waals surface area contributed by atoms with E-state index in [2.05, 4.69) is 9.97 Å². The molecule has 71 valence electrons. The van der Waals surface area contributed by atoms with Crippen LogP contribution >= 0.6 is 0 Å². The predicted molar refractivity (Wildman–Crippen MR) is 62.1 cm³/mol. The van der Waals surface area contributed by atoms with Gasteiger partial charge < -0.3 is 0 Å². The van der Waals surface area contributed by atoms with Crippen molar-refractivity contribution in [3.8, 4) is 0 Å². The molecule has 0 aliphatic rings. The van der Waals surface area contributed by atoms with Crippen molar-refractivity contribution in [3.05, 3.63) is 30.5 Å². The molecule has 0 fully saturated rings. The van der Waals surface area contributed by atoms with Crippen LogP contribution in [0.1, 0.15) is 13.8 Å². The zero-order chi connectivity index (χ0) is 10.4. The fourth-order valence-corrected chi connectivity index (χ4v) is 1.11. The van der Waals surface area contributed by atoms with Crippen molar-refractivity contribution >= 4 is 23.9 Å². The molecule has 0 atom stereocenters. The van der Waals surface area contributed by atoms with E-state index in [9.17, 15) is 0 Å². The second-order valence-electron chi connectivity index (χ2n) is 2.57. The highest BCUT2D eigenvalue weighted by atomic mass is 14.8. The molecule has 0 amide bonds. The lowest BCUT2D eigenvalue weighted by Gasteiger charge is -1.97. The summed E-state index contributed by atoms with van der Waals surface area (Å²) in [5, 5.41) is 0. The molecular formula is C11H14BN2. The first-order valence-electron chi connectivity index (χ1n) is 4.91. The SMILES string of the molecule is CC.C[B]c1cnc2ccccc2n1. The van der Waals surface area contributed by atoms with Gasteiger partial charge in [-0.1, -0.05) is 32.8 Å². The Labute approximate surface area is 85.6 Å². The molecule has 1 heterocycles. The van der Waals surface area contributed by atoms with Gasteiger partial charge in [-0.15, -0.1) is 0 Å². The van der Waals surface area contributed by atoms with Crippen LogP contribution in [0.25, 0.3) is 11.0 Å². The maximum absolute atomic E-state index is 4.38. The number of nitrogens with zero attached hydrogens (tertiary/aromatic N) is 2. The molecule has 2 rings (SSSR count). The molecule has 0 bridgehead atoms. The van der Waals surface area contributed by atoms with Crippen LogP contribution in [0.2, 0.25) is 6.82 Å². The molecule has 0 N–H and O–H groups in total. The summed E-state index contributed by atoms with van der Waals surface area (Å²) in [6.45, 7) is 5.96. The van der Waals surface area contributed by atoms with Crippen molar-refractivity contribution in [1.82, 2.24) is 9.97 Å². The number of aromatic nitrogens is 2. The van der Waals surface area contributed by atoms with Crippen molar-refractivity contribution in [2.24, 2.45) is 0 Å². The Bertz CT molecular complexity index is 401. The molecule has 0 unspecified atom stereocenters. The van der Waals surface area contributed by atoms with Gasteiger partial charge in [0.2, 0.25) is 0 Å². The zero-order valence-corrected chi connectivity index (χ0v) is 8.86. The maximum atomic E-state index is 4.38. The van der Waals surface area contributed by atoms with Crippen molar-refractivity contribution in [1.29, 1.82) is 0 Å². The summed E-state index contributed by atoms with van der Waals surface area (Å²) in [7, 11) is 1.94. The zero-order valence-electron chi connectivity index (χ0n) is 8.86. The Morgan fingerprint density at radius 1 is 1.07 bits per heavy atom. The highest BCUT2D eigenvalue weighted by Gasteiger charge is 1.95. The van der Waals surface area contributed by atoms with Gasteiger partial charge in [-0.25, -0.2) is 0 Å². The minimum absolute atomic E-state index is 0.925. The fourth-order valence-electron chi connectivity index (χ4n) is 1.11. The molecule has 3 heteroatoms. The molecule has 14 heavy (non-hydrogen) atoms. The lowest BCUT2D eigenvalue weighted by atomic mass is 9.78. The topological polar surface area (TPSA) is 25.8 Å². The number of hydrogen-bond donors (Lipinski definition) is 0.